The van der Waals surface area contributed by atoms with E-state index in [2.05, 4.69) is 4.90 Å². The molecule has 0 aliphatic carbocycles. The molecule has 0 aromatic heterocycles. The highest BCUT2D eigenvalue weighted by atomic mass is 35.5. The molecule has 0 unspecified atom stereocenters. The lowest BCUT2D eigenvalue weighted by molar-refractivity contribution is -0.131. The van der Waals surface area contributed by atoms with Crippen molar-refractivity contribution >= 4 is 11.6 Å². The molecule has 4 nitrogen and oxygen atoms in total. The summed E-state index contributed by atoms with van der Waals surface area (Å²) in [4.78, 5) is 2.19. The average Bonchev–Trinajstić information content (AvgIpc) is 2.45. The standard InChI is InChI=1S/C14H19ClFNO3/c1-18-14(19-2)9-17-5-6-20-13(8-17)11-4-3-10(16)7-12(11)15/h3-4,7,13-14H,5-6,8-9H2,1-2H3/t13-/m0/s1. The quantitative estimate of drug-likeness (QED) is 0.782. The summed E-state index contributed by atoms with van der Waals surface area (Å²) in [5.74, 6) is -0.342. The van der Waals surface area contributed by atoms with Crippen molar-refractivity contribution in [3.05, 3.63) is 34.6 Å². The maximum atomic E-state index is 13.1. The minimum atomic E-state index is -0.342. The average molecular weight is 304 g/mol. The van der Waals surface area contributed by atoms with E-state index in [9.17, 15) is 4.39 Å². The zero-order chi connectivity index (χ0) is 14.5. The Morgan fingerprint density at radius 3 is 2.85 bits per heavy atom. The zero-order valence-corrected chi connectivity index (χ0v) is 12.4. The summed E-state index contributed by atoms with van der Waals surface area (Å²) in [5.41, 5.74) is 0.809. The third kappa shape index (κ3) is 3.90. The van der Waals surface area contributed by atoms with Crippen molar-refractivity contribution in [3.63, 3.8) is 0 Å². The number of hydrogen-bond acceptors (Lipinski definition) is 4. The van der Waals surface area contributed by atoms with Crippen LogP contribution >= 0.6 is 11.6 Å². The van der Waals surface area contributed by atoms with Gasteiger partial charge in [-0.15, -0.1) is 0 Å². The van der Waals surface area contributed by atoms with E-state index in [1.165, 1.54) is 12.1 Å². The van der Waals surface area contributed by atoms with Crippen LogP contribution in [0.15, 0.2) is 18.2 Å². The Morgan fingerprint density at radius 2 is 2.20 bits per heavy atom. The number of rotatable bonds is 5. The van der Waals surface area contributed by atoms with Gasteiger partial charge in [0, 0.05) is 44.4 Å². The topological polar surface area (TPSA) is 30.9 Å². The molecule has 1 aromatic carbocycles. The van der Waals surface area contributed by atoms with Crippen LogP contribution in [-0.4, -0.2) is 51.7 Å². The fourth-order valence-electron chi connectivity index (χ4n) is 2.28. The van der Waals surface area contributed by atoms with Gasteiger partial charge >= 0.3 is 0 Å². The van der Waals surface area contributed by atoms with Crippen molar-refractivity contribution in [2.24, 2.45) is 0 Å². The Balaban J connectivity index is 2.02. The lowest BCUT2D eigenvalue weighted by atomic mass is 10.1. The van der Waals surface area contributed by atoms with E-state index in [-0.39, 0.29) is 18.2 Å². The van der Waals surface area contributed by atoms with Crippen molar-refractivity contribution in [2.45, 2.75) is 12.4 Å². The highest BCUT2D eigenvalue weighted by molar-refractivity contribution is 6.31. The first-order chi connectivity index (χ1) is 9.63. The molecule has 0 radical (unpaired) electrons. The molecule has 1 aromatic rings. The van der Waals surface area contributed by atoms with Gasteiger partial charge < -0.3 is 14.2 Å². The van der Waals surface area contributed by atoms with E-state index < -0.39 is 0 Å². The van der Waals surface area contributed by atoms with Gasteiger partial charge in [-0.1, -0.05) is 17.7 Å². The first-order valence-corrected chi connectivity index (χ1v) is 6.86. The lowest BCUT2D eigenvalue weighted by Crippen LogP contribution is -2.43. The predicted molar refractivity (Wildman–Crippen MR) is 74.3 cm³/mol. The van der Waals surface area contributed by atoms with Crippen molar-refractivity contribution in [2.75, 3.05) is 40.5 Å². The summed E-state index contributed by atoms with van der Waals surface area (Å²) in [6, 6.07) is 4.39. The summed E-state index contributed by atoms with van der Waals surface area (Å²) in [6.45, 7) is 2.73. The van der Waals surface area contributed by atoms with Gasteiger partial charge in [0.1, 0.15) is 5.82 Å². The second-order valence-electron chi connectivity index (χ2n) is 4.69. The molecule has 1 saturated heterocycles. The summed E-state index contributed by atoms with van der Waals surface area (Å²) in [5, 5.41) is 0.395. The lowest BCUT2D eigenvalue weighted by Gasteiger charge is -2.34. The molecule has 0 bridgehead atoms. The van der Waals surface area contributed by atoms with Gasteiger partial charge in [-0.05, 0) is 12.1 Å². The van der Waals surface area contributed by atoms with E-state index >= 15 is 0 Å². The van der Waals surface area contributed by atoms with Crippen LogP contribution in [0, 0.1) is 5.82 Å². The predicted octanol–water partition coefficient (Wildman–Crippen LogP) is 2.47. The van der Waals surface area contributed by atoms with Crippen LogP contribution in [0.2, 0.25) is 5.02 Å². The molecule has 0 saturated carbocycles. The molecule has 0 spiro atoms. The molecular formula is C14H19ClFNO3. The van der Waals surface area contributed by atoms with Crippen LogP contribution < -0.4 is 0 Å². The van der Waals surface area contributed by atoms with Gasteiger partial charge in [0.05, 0.1) is 12.7 Å². The summed E-state index contributed by atoms with van der Waals surface area (Å²) in [6.07, 6.45) is -0.427. The third-order valence-electron chi connectivity index (χ3n) is 3.39. The van der Waals surface area contributed by atoms with Crippen LogP contribution in [-0.2, 0) is 14.2 Å². The molecule has 112 valence electrons. The third-order valence-corrected chi connectivity index (χ3v) is 3.72. The zero-order valence-electron chi connectivity index (χ0n) is 11.6. The van der Waals surface area contributed by atoms with Crippen LogP contribution in [0.5, 0.6) is 0 Å². The molecule has 20 heavy (non-hydrogen) atoms. The number of halogens is 2. The maximum absolute atomic E-state index is 13.1. The van der Waals surface area contributed by atoms with Crippen molar-refractivity contribution in [1.82, 2.24) is 4.90 Å². The second kappa shape index (κ2) is 7.33. The largest absolute Gasteiger partial charge is 0.371 e. The van der Waals surface area contributed by atoms with Crippen molar-refractivity contribution in [3.8, 4) is 0 Å². The smallest absolute Gasteiger partial charge is 0.169 e. The molecule has 1 aliphatic rings. The van der Waals surface area contributed by atoms with E-state index in [0.29, 0.717) is 24.7 Å². The number of ether oxygens (including phenoxy) is 3. The van der Waals surface area contributed by atoms with Gasteiger partial charge in [-0.3, -0.25) is 4.90 Å². The molecule has 1 aliphatic heterocycles. The number of nitrogens with zero attached hydrogens (tertiary/aromatic N) is 1. The summed E-state index contributed by atoms with van der Waals surface area (Å²) in [7, 11) is 3.23. The first kappa shape index (κ1) is 15.7. The van der Waals surface area contributed by atoms with E-state index in [1.54, 1.807) is 20.3 Å². The highest BCUT2D eigenvalue weighted by Crippen LogP contribution is 2.29. The fourth-order valence-corrected chi connectivity index (χ4v) is 2.56. The Labute approximate surface area is 123 Å². The van der Waals surface area contributed by atoms with Gasteiger partial charge in [0.25, 0.3) is 0 Å². The van der Waals surface area contributed by atoms with Gasteiger partial charge in [0.15, 0.2) is 6.29 Å². The minimum Gasteiger partial charge on any atom is -0.371 e. The Hall–Kier alpha value is -0.720. The second-order valence-corrected chi connectivity index (χ2v) is 5.09. The summed E-state index contributed by atoms with van der Waals surface area (Å²) < 4.78 is 29.2. The molecule has 1 heterocycles. The monoisotopic (exact) mass is 303 g/mol. The minimum absolute atomic E-state index is 0.161. The fraction of sp³-hybridized carbons (Fsp3) is 0.571. The van der Waals surface area contributed by atoms with E-state index in [1.807, 2.05) is 0 Å². The maximum Gasteiger partial charge on any atom is 0.169 e. The number of benzene rings is 1. The van der Waals surface area contributed by atoms with E-state index in [0.717, 1.165) is 12.1 Å². The number of morpholine rings is 1. The number of hydrogen-bond donors (Lipinski definition) is 0. The van der Waals surface area contributed by atoms with Crippen LogP contribution in [0.25, 0.3) is 0 Å². The molecule has 0 amide bonds. The Morgan fingerprint density at radius 1 is 1.45 bits per heavy atom. The first-order valence-electron chi connectivity index (χ1n) is 6.48. The van der Waals surface area contributed by atoms with Gasteiger partial charge in [0.2, 0.25) is 0 Å². The van der Waals surface area contributed by atoms with Crippen LogP contribution in [0.1, 0.15) is 11.7 Å². The van der Waals surface area contributed by atoms with Crippen molar-refractivity contribution in [1.29, 1.82) is 0 Å². The van der Waals surface area contributed by atoms with Gasteiger partial charge in [-0.2, -0.15) is 0 Å². The molecule has 2 rings (SSSR count). The molecule has 1 atom stereocenters. The molecule has 0 N–H and O–H groups in total. The van der Waals surface area contributed by atoms with Crippen molar-refractivity contribution < 1.29 is 18.6 Å². The molecule has 6 heteroatoms. The molecule has 1 fully saturated rings. The molecular weight excluding hydrogens is 285 g/mol. The highest BCUT2D eigenvalue weighted by Gasteiger charge is 2.25. The Kier molecular flexibility index (Phi) is 5.74. The van der Waals surface area contributed by atoms with Crippen LogP contribution in [0.4, 0.5) is 4.39 Å². The van der Waals surface area contributed by atoms with Crippen LogP contribution in [0.3, 0.4) is 0 Å². The van der Waals surface area contributed by atoms with E-state index in [4.69, 9.17) is 25.8 Å². The van der Waals surface area contributed by atoms with Gasteiger partial charge in [-0.25, -0.2) is 4.39 Å². The SMILES string of the molecule is COC(CN1CCO[C@H](c2ccc(F)cc2Cl)C1)OC. The Bertz CT molecular complexity index is 442. The summed E-state index contributed by atoms with van der Waals surface area (Å²) >= 11 is 6.08. The normalized spacial score (nSPS) is 20.6. The number of methoxy groups -OCH3 is 2.